The van der Waals surface area contributed by atoms with Gasteiger partial charge in [-0.05, 0) is 36.6 Å². The molecule has 0 aromatic heterocycles. The number of benzene rings is 2. The van der Waals surface area contributed by atoms with Crippen LogP contribution < -0.4 is 10.6 Å². The van der Waals surface area contributed by atoms with Crippen molar-refractivity contribution in [1.82, 2.24) is 0 Å². The average molecular weight is 273 g/mol. The normalized spacial score (nSPS) is 18.8. The minimum absolute atomic E-state index is 0.405. The van der Waals surface area contributed by atoms with Gasteiger partial charge in [0, 0.05) is 11.6 Å². The molecule has 1 atom stereocenters. The second kappa shape index (κ2) is 5.14. The van der Waals surface area contributed by atoms with Crippen molar-refractivity contribution in [2.24, 2.45) is 0 Å². The van der Waals surface area contributed by atoms with Gasteiger partial charge in [-0.2, -0.15) is 0 Å². The molecule has 0 aliphatic carbocycles. The molecule has 1 saturated heterocycles. The van der Waals surface area contributed by atoms with Crippen molar-refractivity contribution in [2.75, 3.05) is 17.2 Å². The van der Waals surface area contributed by atoms with E-state index >= 15 is 0 Å². The van der Waals surface area contributed by atoms with Crippen LogP contribution in [0.4, 0.5) is 11.4 Å². The zero-order valence-corrected chi connectivity index (χ0v) is 11.5. The largest absolute Gasteiger partial charge is 0.397 e. The Morgan fingerprint density at radius 3 is 2.68 bits per heavy atom. The van der Waals surface area contributed by atoms with E-state index in [4.69, 9.17) is 17.3 Å². The molecule has 1 fully saturated rings. The summed E-state index contributed by atoms with van der Waals surface area (Å²) in [6, 6.07) is 16.7. The molecule has 1 heterocycles. The monoisotopic (exact) mass is 272 g/mol. The molecule has 0 bridgehead atoms. The van der Waals surface area contributed by atoms with Gasteiger partial charge in [0.1, 0.15) is 0 Å². The van der Waals surface area contributed by atoms with Crippen molar-refractivity contribution < 1.29 is 0 Å². The van der Waals surface area contributed by atoms with Gasteiger partial charge in [0.15, 0.2) is 0 Å². The fourth-order valence-electron chi connectivity index (χ4n) is 2.84. The first-order chi connectivity index (χ1) is 9.25. The molecule has 0 amide bonds. The predicted molar refractivity (Wildman–Crippen MR) is 81.6 cm³/mol. The summed E-state index contributed by atoms with van der Waals surface area (Å²) in [6.45, 7) is 1.03. The summed E-state index contributed by atoms with van der Waals surface area (Å²) >= 11 is 6.11. The molecule has 1 aliphatic heterocycles. The van der Waals surface area contributed by atoms with Crippen molar-refractivity contribution >= 4 is 23.0 Å². The van der Waals surface area contributed by atoms with E-state index in [9.17, 15) is 0 Å². The van der Waals surface area contributed by atoms with Crippen LogP contribution in [-0.4, -0.2) is 6.54 Å². The Morgan fingerprint density at radius 1 is 1.11 bits per heavy atom. The van der Waals surface area contributed by atoms with Crippen LogP contribution in [-0.2, 0) is 0 Å². The quantitative estimate of drug-likeness (QED) is 0.828. The van der Waals surface area contributed by atoms with E-state index in [-0.39, 0.29) is 0 Å². The highest BCUT2D eigenvalue weighted by Gasteiger charge is 2.27. The number of halogens is 1. The SMILES string of the molecule is Nc1ccc(Cl)cc1N1CCCC1c1ccccc1. The van der Waals surface area contributed by atoms with E-state index in [0.717, 1.165) is 29.4 Å². The Bertz CT molecular complexity index is 568. The minimum Gasteiger partial charge on any atom is -0.397 e. The fraction of sp³-hybridized carbons (Fsp3) is 0.250. The summed E-state index contributed by atoms with van der Waals surface area (Å²) in [5.41, 5.74) is 9.31. The molecule has 0 radical (unpaired) electrons. The first-order valence-corrected chi connectivity index (χ1v) is 7.00. The molecule has 0 spiro atoms. The number of nitrogens with two attached hydrogens (primary N) is 1. The maximum Gasteiger partial charge on any atom is 0.0620 e. The molecule has 1 unspecified atom stereocenters. The Morgan fingerprint density at radius 2 is 1.89 bits per heavy atom. The zero-order chi connectivity index (χ0) is 13.2. The molecule has 2 aromatic carbocycles. The minimum atomic E-state index is 0.405. The smallest absolute Gasteiger partial charge is 0.0620 e. The average Bonchev–Trinajstić information content (AvgIpc) is 2.91. The van der Waals surface area contributed by atoms with Crippen molar-refractivity contribution in [3.63, 3.8) is 0 Å². The van der Waals surface area contributed by atoms with E-state index in [1.54, 1.807) is 0 Å². The van der Waals surface area contributed by atoms with Gasteiger partial charge in [0.05, 0.1) is 17.4 Å². The first-order valence-electron chi connectivity index (χ1n) is 6.62. The van der Waals surface area contributed by atoms with Gasteiger partial charge in [0.2, 0.25) is 0 Å². The summed E-state index contributed by atoms with van der Waals surface area (Å²) in [5, 5.41) is 0.739. The lowest BCUT2D eigenvalue weighted by Crippen LogP contribution is -2.23. The highest BCUT2D eigenvalue weighted by molar-refractivity contribution is 6.31. The Kier molecular flexibility index (Phi) is 3.34. The summed E-state index contributed by atoms with van der Waals surface area (Å²) < 4.78 is 0. The second-order valence-corrected chi connectivity index (χ2v) is 5.40. The highest BCUT2D eigenvalue weighted by atomic mass is 35.5. The second-order valence-electron chi connectivity index (χ2n) is 4.97. The van der Waals surface area contributed by atoms with E-state index in [2.05, 4.69) is 35.2 Å². The lowest BCUT2D eigenvalue weighted by molar-refractivity contribution is 0.720. The van der Waals surface area contributed by atoms with Crippen LogP contribution in [0.15, 0.2) is 48.5 Å². The summed E-state index contributed by atoms with van der Waals surface area (Å²) in [4.78, 5) is 2.37. The number of nitrogens with zero attached hydrogens (tertiary/aromatic N) is 1. The van der Waals surface area contributed by atoms with Gasteiger partial charge in [-0.3, -0.25) is 0 Å². The molecule has 2 N–H and O–H groups in total. The van der Waals surface area contributed by atoms with Crippen LogP contribution in [0.3, 0.4) is 0 Å². The topological polar surface area (TPSA) is 29.3 Å². The van der Waals surface area contributed by atoms with Crippen LogP contribution >= 0.6 is 11.6 Å². The van der Waals surface area contributed by atoms with E-state index < -0.39 is 0 Å². The van der Waals surface area contributed by atoms with Crippen LogP contribution in [0.1, 0.15) is 24.4 Å². The maximum atomic E-state index is 6.11. The third-order valence-corrected chi connectivity index (χ3v) is 3.97. The number of hydrogen-bond acceptors (Lipinski definition) is 2. The number of hydrogen-bond donors (Lipinski definition) is 1. The first kappa shape index (κ1) is 12.4. The maximum absolute atomic E-state index is 6.11. The van der Waals surface area contributed by atoms with Crippen LogP contribution in [0.2, 0.25) is 5.02 Å². The van der Waals surface area contributed by atoms with Gasteiger partial charge in [0.25, 0.3) is 0 Å². The van der Waals surface area contributed by atoms with Crippen LogP contribution in [0.25, 0.3) is 0 Å². The number of anilines is 2. The number of nitrogen functional groups attached to an aromatic ring is 1. The molecular formula is C16H17ClN2. The van der Waals surface area contributed by atoms with Crippen LogP contribution in [0.5, 0.6) is 0 Å². The van der Waals surface area contributed by atoms with Crippen molar-refractivity contribution in [3.05, 3.63) is 59.1 Å². The highest BCUT2D eigenvalue weighted by Crippen LogP contribution is 2.39. The Labute approximate surface area is 118 Å². The Hall–Kier alpha value is -1.67. The number of rotatable bonds is 2. The van der Waals surface area contributed by atoms with E-state index in [0.29, 0.717) is 6.04 Å². The van der Waals surface area contributed by atoms with Crippen LogP contribution in [0, 0.1) is 0 Å². The van der Waals surface area contributed by atoms with Gasteiger partial charge >= 0.3 is 0 Å². The molecular weight excluding hydrogens is 256 g/mol. The molecule has 1 aliphatic rings. The van der Waals surface area contributed by atoms with Crippen molar-refractivity contribution in [3.8, 4) is 0 Å². The molecule has 3 rings (SSSR count). The van der Waals surface area contributed by atoms with E-state index in [1.165, 1.54) is 12.0 Å². The van der Waals surface area contributed by atoms with Gasteiger partial charge in [-0.25, -0.2) is 0 Å². The van der Waals surface area contributed by atoms with Gasteiger partial charge in [-0.1, -0.05) is 41.9 Å². The molecule has 19 heavy (non-hydrogen) atoms. The van der Waals surface area contributed by atoms with Gasteiger partial charge in [-0.15, -0.1) is 0 Å². The van der Waals surface area contributed by atoms with Crippen molar-refractivity contribution in [1.29, 1.82) is 0 Å². The van der Waals surface area contributed by atoms with Crippen molar-refractivity contribution in [2.45, 2.75) is 18.9 Å². The molecule has 3 heteroatoms. The van der Waals surface area contributed by atoms with Gasteiger partial charge < -0.3 is 10.6 Å². The molecule has 2 nitrogen and oxygen atoms in total. The van der Waals surface area contributed by atoms with E-state index in [1.807, 2.05) is 18.2 Å². The Balaban J connectivity index is 1.97. The molecule has 0 saturated carbocycles. The predicted octanol–water partition coefficient (Wildman–Crippen LogP) is 4.26. The third-order valence-electron chi connectivity index (χ3n) is 3.74. The molecule has 2 aromatic rings. The zero-order valence-electron chi connectivity index (χ0n) is 10.7. The lowest BCUT2D eigenvalue weighted by Gasteiger charge is -2.28. The summed E-state index contributed by atoms with van der Waals surface area (Å²) in [5.74, 6) is 0. The standard InChI is InChI=1S/C16H17ClN2/c17-13-8-9-14(18)16(11-13)19-10-4-7-15(19)12-5-2-1-3-6-12/h1-3,5-6,8-9,11,15H,4,7,10,18H2. The lowest BCUT2D eigenvalue weighted by atomic mass is 10.0. The third kappa shape index (κ3) is 2.41. The summed E-state index contributed by atoms with van der Waals surface area (Å²) in [7, 11) is 0. The summed E-state index contributed by atoms with van der Waals surface area (Å²) in [6.07, 6.45) is 2.35. The fourth-order valence-corrected chi connectivity index (χ4v) is 3.01. The molecule has 98 valence electrons.